The third kappa shape index (κ3) is 5.11. The molecule has 0 aliphatic rings. The van der Waals surface area contributed by atoms with Crippen molar-refractivity contribution in [1.82, 2.24) is 10.3 Å². The van der Waals surface area contributed by atoms with E-state index in [2.05, 4.69) is 15.6 Å². The maximum absolute atomic E-state index is 13.3. The number of nitrogens with zero attached hydrogens (tertiary/aromatic N) is 1. The summed E-state index contributed by atoms with van der Waals surface area (Å²) in [5.41, 5.74) is 2.02. The van der Waals surface area contributed by atoms with Crippen molar-refractivity contribution < 1.29 is 18.7 Å². The predicted molar refractivity (Wildman–Crippen MR) is 102 cm³/mol. The molecular formula is C21H19F2N3O2. The molecule has 0 aliphatic heterocycles. The summed E-state index contributed by atoms with van der Waals surface area (Å²) in [7, 11) is 0. The number of nitrogens with one attached hydrogen (secondary N) is 2. The topological polar surface area (TPSA) is 74.2 Å². The van der Waals surface area contributed by atoms with E-state index in [-0.39, 0.29) is 23.7 Å². The molecule has 0 aliphatic carbocycles. The number of pyridine rings is 1. The molecule has 5 nitrogen and oxygen atoms in total. The molecule has 3 rings (SSSR count). The van der Waals surface area contributed by atoms with Crippen LogP contribution < -0.4 is 10.6 Å². The first-order valence-electron chi connectivity index (χ1n) is 8.68. The highest BCUT2D eigenvalue weighted by Crippen LogP contribution is 2.17. The molecule has 144 valence electrons. The van der Waals surface area contributed by atoms with Gasteiger partial charge in [0.15, 0.2) is 11.6 Å². The fourth-order valence-electron chi connectivity index (χ4n) is 2.59. The highest BCUT2D eigenvalue weighted by atomic mass is 19.2. The number of rotatable bonds is 7. The van der Waals surface area contributed by atoms with Gasteiger partial charge in [0.05, 0.1) is 6.10 Å². The second-order valence-electron chi connectivity index (χ2n) is 6.17. The Hall–Kier alpha value is -3.32. The lowest BCUT2D eigenvalue weighted by molar-refractivity contribution is 0.0946. The van der Waals surface area contributed by atoms with Crippen molar-refractivity contribution in [2.75, 3.05) is 11.9 Å². The largest absolute Gasteiger partial charge is 0.387 e. The molecule has 3 aromatic rings. The van der Waals surface area contributed by atoms with Crippen LogP contribution in [0.15, 0.2) is 66.9 Å². The Morgan fingerprint density at radius 2 is 1.82 bits per heavy atom. The van der Waals surface area contributed by atoms with E-state index in [4.69, 9.17) is 0 Å². The standard InChI is InChI=1S/C21H19F2N3O2/c22-17-7-6-15(10-18(17)23)20(27)13-25-16-8-9-24-19(11-16)21(28)26-12-14-4-2-1-3-5-14/h1-11,20,27H,12-13H2,(H,24,25)(H,26,28)/t20-/m1/s1. The monoisotopic (exact) mass is 383 g/mol. The van der Waals surface area contributed by atoms with Gasteiger partial charge in [-0.15, -0.1) is 0 Å². The fraction of sp³-hybridized carbons (Fsp3) is 0.143. The molecule has 0 radical (unpaired) electrons. The van der Waals surface area contributed by atoms with Crippen molar-refractivity contribution in [3.05, 3.63) is 95.3 Å². The summed E-state index contributed by atoms with van der Waals surface area (Å²) in [6.07, 6.45) is 0.433. The molecule has 0 spiro atoms. The summed E-state index contributed by atoms with van der Waals surface area (Å²) in [6.45, 7) is 0.439. The van der Waals surface area contributed by atoms with E-state index in [9.17, 15) is 18.7 Å². The molecule has 1 aromatic heterocycles. The highest BCUT2D eigenvalue weighted by molar-refractivity contribution is 5.93. The van der Waals surface area contributed by atoms with E-state index in [0.717, 1.165) is 17.7 Å². The number of halogens is 2. The summed E-state index contributed by atoms with van der Waals surface area (Å²) < 4.78 is 26.3. The lowest BCUT2D eigenvalue weighted by atomic mass is 10.1. The lowest BCUT2D eigenvalue weighted by Crippen LogP contribution is -2.24. The SMILES string of the molecule is O=C(NCc1ccccc1)c1cc(NC[C@@H](O)c2ccc(F)c(F)c2)ccn1. The number of aliphatic hydroxyl groups excluding tert-OH is 1. The number of hydrogen-bond donors (Lipinski definition) is 3. The van der Waals surface area contributed by atoms with E-state index in [1.54, 1.807) is 12.1 Å². The third-order valence-corrected chi connectivity index (χ3v) is 4.12. The molecule has 0 saturated carbocycles. The Balaban J connectivity index is 1.58. The van der Waals surface area contributed by atoms with E-state index < -0.39 is 17.7 Å². The van der Waals surface area contributed by atoms with Crippen LogP contribution in [0.5, 0.6) is 0 Å². The minimum absolute atomic E-state index is 0.0557. The number of benzene rings is 2. The van der Waals surface area contributed by atoms with Crippen LogP contribution in [-0.4, -0.2) is 22.5 Å². The summed E-state index contributed by atoms with van der Waals surface area (Å²) in [5.74, 6) is -2.31. The Bertz CT molecular complexity index is 951. The van der Waals surface area contributed by atoms with Gasteiger partial charge in [0.2, 0.25) is 0 Å². The van der Waals surface area contributed by atoms with Gasteiger partial charge in [-0.25, -0.2) is 8.78 Å². The summed E-state index contributed by atoms with van der Waals surface area (Å²) in [4.78, 5) is 16.3. The third-order valence-electron chi connectivity index (χ3n) is 4.12. The van der Waals surface area contributed by atoms with Crippen molar-refractivity contribution in [1.29, 1.82) is 0 Å². The van der Waals surface area contributed by atoms with Crippen molar-refractivity contribution in [2.24, 2.45) is 0 Å². The number of amides is 1. The first kappa shape index (κ1) is 19.4. The van der Waals surface area contributed by atoms with Crippen LogP contribution in [0.4, 0.5) is 14.5 Å². The van der Waals surface area contributed by atoms with Gasteiger partial charge >= 0.3 is 0 Å². The van der Waals surface area contributed by atoms with Gasteiger partial charge in [-0.2, -0.15) is 0 Å². The predicted octanol–water partition coefficient (Wildman–Crippen LogP) is 3.44. The van der Waals surface area contributed by atoms with E-state index in [1.165, 1.54) is 12.3 Å². The maximum Gasteiger partial charge on any atom is 0.270 e. The smallest absolute Gasteiger partial charge is 0.270 e. The zero-order valence-electron chi connectivity index (χ0n) is 14.9. The Morgan fingerprint density at radius 1 is 1.04 bits per heavy atom. The van der Waals surface area contributed by atoms with Crippen LogP contribution in [0.1, 0.15) is 27.7 Å². The quantitative estimate of drug-likeness (QED) is 0.584. The van der Waals surface area contributed by atoms with Gasteiger partial charge in [0, 0.05) is 25.0 Å². The van der Waals surface area contributed by atoms with Crippen LogP contribution in [0.2, 0.25) is 0 Å². The second kappa shape index (κ2) is 9.05. The first-order valence-corrected chi connectivity index (χ1v) is 8.68. The molecule has 0 saturated heterocycles. The van der Waals surface area contributed by atoms with Crippen molar-refractivity contribution in [2.45, 2.75) is 12.6 Å². The molecule has 0 unspecified atom stereocenters. The molecule has 1 atom stereocenters. The van der Waals surface area contributed by atoms with Gasteiger partial charge in [0.25, 0.3) is 5.91 Å². The van der Waals surface area contributed by atoms with Gasteiger partial charge in [-0.1, -0.05) is 36.4 Å². The average molecular weight is 383 g/mol. The van der Waals surface area contributed by atoms with E-state index in [1.807, 2.05) is 30.3 Å². The minimum atomic E-state index is -1.04. The number of aromatic nitrogens is 1. The first-order chi connectivity index (χ1) is 13.5. The molecule has 28 heavy (non-hydrogen) atoms. The molecule has 3 N–H and O–H groups in total. The Labute approximate surface area is 161 Å². The summed E-state index contributed by atoms with van der Waals surface area (Å²) in [5, 5.41) is 15.9. The van der Waals surface area contributed by atoms with Gasteiger partial charge < -0.3 is 15.7 Å². The number of carbonyl (C=O) groups excluding carboxylic acids is 1. The number of hydrogen-bond acceptors (Lipinski definition) is 4. The molecular weight excluding hydrogens is 364 g/mol. The molecule has 2 aromatic carbocycles. The summed E-state index contributed by atoms with van der Waals surface area (Å²) in [6, 6.07) is 15.9. The Morgan fingerprint density at radius 3 is 2.57 bits per heavy atom. The second-order valence-corrected chi connectivity index (χ2v) is 6.17. The molecule has 0 fully saturated rings. The lowest BCUT2D eigenvalue weighted by Gasteiger charge is -2.14. The van der Waals surface area contributed by atoms with E-state index >= 15 is 0 Å². The van der Waals surface area contributed by atoms with Crippen LogP contribution >= 0.6 is 0 Å². The van der Waals surface area contributed by atoms with Crippen molar-refractivity contribution >= 4 is 11.6 Å². The van der Waals surface area contributed by atoms with Crippen LogP contribution in [0.3, 0.4) is 0 Å². The number of carbonyl (C=O) groups is 1. The fourth-order valence-corrected chi connectivity index (χ4v) is 2.59. The normalized spacial score (nSPS) is 11.7. The Kier molecular flexibility index (Phi) is 6.29. The molecule has 0 bridgehead atoms. The maximum atomic E-state index is 13.3. The van der Waals surface area contributed by atoms with Gasteiger partial charge in [-0.3, -0.25) is 9.78 Å². The number of anilines is 1. The number of aliphatic hydroxyl groups is 1. The van der Waals surface area contributed by atoms with Crippen LogP contribution in [0, 0.1) is 11.6 Å². The van der Waals surface area contributed by atoms with Crippen LogP contribution in [0.25, 0.3) is 0 Å². The zero-order chi connectivity index (χ0) is 19.9. The molecule has 7 heteroatoms. The van der Waals surface area contributed by atoms with Gasteiger partial charge in [-0.05, 0) is 35.4 Å². The van der Waals surface area contributed by atoms with Crippen molar-refractivity contribution in [3.63, 3.8) is 0 Å². The average Bonchev–Trinajstić information content (AvgIpc) is 2.73. The minimum Gasteiger partial charge on any atom is -0.387 e. The zero-order valence-corrected chi connectivity index (χ0v) is 14.9. The van der Waals surface area contributed by atoms with Crippen molar-refractivity contribution in [3.8, 4) is 0 Å². The highest BCUT2D eigenvalue weighted by Gasteiger charge is 2.12. The van der Waals surface area contributed by atoms with E-state index in [0.29, 0.717) is 12.2 Å². The van der Waals surface area contributed by atoms with Crippen LogP contribution in [-0.2, 0) is 6.54 Å². The van der Waals surface area contributed by atoms with Gasteiger partial charge in [0.1, 0.15) is 5.69 Å². The molecule has 1 amide bonds. The molecule has 1 heterocycles. The summed E-state index contributed by atoms with van der Waals surface area (Å²) >= 11 is 0.